The SMILES string of the molecule is CC\C=C/C=C\C=C/C=C\C=C/CCCC(=O)OC(COC(=O)CCCCC/C=C\C=C/CCCC)COC(=O)CCCCCCCCCCCCCCCC. The average molecular weight is 779 g/mol. The number of allylic oxidation sites excluding steroid dienone is 14. The van der Waals surface area contributed by atoms with Gasteiger partial charge in [-0.1, -0.05) is 209 Å². The third kappa shape index (κ3) is 41.7. The number of rotatable bonds is 39. The molecule has 0 N–H and O–H groups in total. The van der Waals surface area contributed by atoms with Crippen LogP contribution in [0, 0.1) is 0 Å². The molecule has 1 unspecified atom stereocenters. The Balaban J connectivity index is 4.53. The highest BCUT2D eigenvalue weighted by Crippen LogP contribution is 2.14. The van der Waals surface area contributed by atoms with Gasteiger partial charge in [0.05, 0.1) is 0 Å². The number of ether oxygens (including phenoxy) is 3. The topological polar surface area (TPSA) is 78.9 Å². The van der Waals surface area contributed by atoms with Crippen LogP contribution in [0.5, 0.6) is 0 Å². The number of esters is 3. The van der Waals surface area contributed by atoms with Gasteiger partial charge in [-0.3, -0.25) is 14.4 Å². The molecule has 0 aromatic heterocycles. The maximum Gasteiger partial charge on any atom is 0.306 e. The second kappa shape index (κ2) is 44.3. The van der Waals surface area contributed by atoms with Crippen LogP contribution in [0.4, 0.5) is 0 Å². The van der Waals surface area contributed by atoms with E-state index in [-0.39, 0.29) is 31.6 Å². The first-order valence-corrected chi connectivity index (χ1v) is 22.7. The van der Waals surface area contributed by atoms with Crippen molar-refractivity contribution in [3.63, 3.8) is 0 Å². The van der Waals surface area contributed by atoms with Gasteiger partial charge in [-0.15, -0.1) is 0 Å². The van der Waals surface area contributed by atoms with Crippen LogP contribution in [0.3, 0.4) is 0 Å². The molecule has 0 saturated heterocycles. The van der Waals surface area contributed by atoms with Gasteiger partial charge >= 0.3 is 17.9 Å². The highest BCUT2D eigenvalue weighted by atomic mass is 16.6. The molecule has 6 heteroatoms. The zero-order valence-corrected chi connectivity index (χ0v) is 36.1. The summed E-state index contributed by atoms with van der Waals surface area (Å²) >= 11 is 0. The molecule has 0 heterocycles. The highest BCUT2D eigenvalue weighted by molar-refractivity contribution is 5.71. The van der Waals surface area contributed by atoms with E-state index in [1.165, 1.54) is 83.5 Å². The molecule has 318 valence electrons. The predicted molar refractivity (Wildman–Crippen MR) is 237 cm³/mol. The van der Waals surface area contributed by atoms with E-state index in [1.807, 2.05) is 54.7 Å². The van der Waals surface area contributed by atoms with Crippen LogP contribution in [0.2, 0.25) is 0 Å². The number of unbranched alkanes of at least 4 members (excludes halogenated alkanes) is 19. The Morgan fingerprint density at radius 3 is 1.21 bits per heavy atom. The quantitative estimate of drug-likeness (QED) is 0.0268. The largest absolute Gasteiger partial charge is 0.462 e. The summed E-state index contributed by atoms with van der Waals surface area (Å²) in [6.07, 6.45) is 55.7. The van der Waals surface area contributed by atoms with Crippen molar-refractivity contribution >= 4 is 17.9 Å². The number of carbonyl (C=O) groups excluding carboxylic acids is 3. The lowest BCUT2D eigenvalue weighted by molar-refractivity contribution is -0.167. The minimum Gasteiger partial charge on any atom is -0.462 e. The van der Waals surface area contributed by atoms with E-state index in [0.717, 1.165) is 64.2 Å². The third-order valence-electron chi connectivity index (χ3n) is 9.29. The predicted octanol–water partition coefficient (Wildman–Crippen LogP) is 14.5. The van der Waals surface area contributed by atoms with E-state index in [1.54, 1.807) is 0 Å². The van der Waals surface area contributed by atoms with E-state index in [0.29, 0.717) is 19.3 Å². The molecule has 0 amide bonds. The van der Waals surface area contributed by atoms with Crippen molar-refractivity contribution in [3.05, 3.63) is 85.1 Å². The summed E-state index contributed by atoms with van der Waals surface area (Å²) in [5, 5.41) is 0. The average Bonchev–Trinajstić information content (AvgIpc) is 3.19. The summed E-state index contributed by atoms with van der Waals surface area (Å²) in [4.78, 5) is 37.7. The zero-order valence-electron chi connectivity index (χ0n) is 36.1. The van der Waals surface area contributed by atoms with Gasteiger partial charge in [-0.05, 0) is 51.4 Å². The lowest BCUT2D eigenvalue weighted by Gasteiger charge is -2.18. The first-order chi connectivity index (χ1) is 27.5. The molecule has 0 bridgehead atoms. The summed E-state index contributed by atoms with van der Waals surface area (Å²) in [7, 11) is 0. The molecule has 0 aliphatic heterocycles. The Morgan fingerprint density at radius 2 is 0.732 bits per heavy atom. The zero-order chi connectivity index (χ0) is 40.8. The molecule has 56 heavy (non-hydrogen) atoms. The van der Waals surface area contributed by atoms with Gasteiger partial charge in [-0.2, -0.15) is 0 Å². The molecule has 0 radical (unpaired) electrons. The van der Waals surface area contributed by atoms with Gasteiger partial charge in [0.15, 0.2) is 6.10 Å². The van der Waals surface area contributed by atoms with Gasteiger partial charge in [0, 0.05) is 19.3 Å². The summed E-state index contributed by atoms with van der Waals surface area (Å²) in [6, 6.07) is 0. The molecule has 0 rings (SSSR count). The van der Waals surface area contributed by atoms with Gasteiger partial charge in [0.2, 0.25) is 0 Å². The molecule has 0 spiro atoms. The molecule has 0 aromatic carbocycles. The van der Waals surface area contributed by atoms with Crippen LogP contribution < -0.4 is 0 Å². The van der Waals surface area contributed by atoms with Crippen molar-refractivity contribution in [2.75, 3.05) is 13.2 Å². The normalized spacial score (nSPS) is 12.8. The maximum absolute atomic E-state index is 12.7. The molecule has 0 aliphatic carbocycles. The smallest absolute Gasteiger partial charge is 0.306 e. The summed E-state index contributed by atoms with van der Waals surface area (Å²) in [5.41, 5.74) is 0. The number of hydrogen-bond donors (Lipinski definition) is 0. The third-order valence-corrected chi connectivity index (χ3v) is 9.29. The Labute approximate surface area is 344 Å². The number of carbonyl (C=O) groups is 3. The van der Waals surface area contributed by atoms with Gasteiger partial charge < -0.3 is 14.2 Å². The van der Waals surface area contributed by atoms with Crippen molar-refractivity contribution in [2.45, 2.75) is 200 Å². The van der Waals surface area contributed by atoms with E-state index in [2.05, 4.69) is 51.2 Å². The first kappa shape index (κ1) is 52.6. The molecule has 1 atom stereocenters. The lowest BCUT2D eigenvalue weighted by atomic mass is 10.0. The van der Waals surface area contributed by atoms with Crippen molar-refractivity contribution < 1.29 is 28.6 Å². The number of hydrogen-bond acceptors (Lipinski definition) is 6. The van der Waals surface area contributed by atoms with Gasteiger partial charge in [-0.25, -0.2) is 0 Å². The summed E-state index contributed by atoms with van der Waals surface area (Å²) in [6.45, 7) is 6.33. The summed E-state index contributed by atoms with van der Waals surface area (Å²) < 4.78 is 16.6. The second-order valence-electron chi connectivity index (χ2n) is 14.7. The fourth-order valence-corrected chi connectivity index (χ4v) is 5.86. The van der Waals surface area contributed by atoms with Crippen LogP contribution >= 0.6 is 0 Å². The van der Waals surface area contributed by atoms with E-state index in [9.17, 15) is 14.4 Å². The molecular formula is C50H82O6. The van der Waals surface area contributed by atoms with Crippen LogP contribution in [-0.2, 0) is 28.6 Å². The van der Waals surface area contributed by atoms with E-state index < -0.39 is 12.1 Å². The standard InChI is InChI=1S/C50H82O6/c1-4-7-10-13-16-19-22-24-26-28-31-34-37-40-43-49(52)55-46-47(45-54-48(51)42-39-36-33-30-27-21-18-15-12-9-6-3)56-50(53)44-41-38-35-32-29-25-23-20-17-14-11-8-5-2/h8,11,14-15,17-18,20-21,23,25,27,29,32,35,47H,4-7,9-10,12-13,16,19,22,24,26,28,30-31,33-34,36-46H2,1-3H3/b11-8-,17-14-,18-15-,23-20-,27-21-,29-25-,35-32-. The van der Waals surface area contributed by atoms with Gasteiger partial charge in [0.25, 0.3) is 0 Å². The summed E-state index contributed by atoms with van der Waals surface area (Å²) in [5.74, 6) is -1.02. The van der Waals surface area contributed by atoms with Crippen molar-refractivity contribution in [2.24, 2.45) is 0 Å². The van der Waals surface area contributed by atoms with Crippen LogP contribution in [0.15, 0.2) is 85.1 Å². The fourth-order valence-electron chi connectivity index (χ4n) is 5.86. The lowest BCUT2D eigenvalue weighted by Crippen LogP contribution is -2.30. The van der Waals surface area contributed by atoms with E-state index in [4.69, 9.17) is 14.2 Å². The Kier molecular flexibility index (Phi) is 41.6. The van der Waals surface area contributed by atoms with Crippen LogP contribution in [0.1, 0.15) is 194 Å². The van der Waals surface area contributed by atoms with Crippen molar-refractivity contribution in [3.8, 4) is 0 Å². The first-order valence-electron chi connectivity index (χ1n) is 22.7. The monoisotopic (exact) mass is 779 g/mol. The minimum atomic E-state index is -0.820. The molecule has 0 aromatic rings. The maximum atomic E-state index is 12.7. The van der Waals surface area contributed by atoms with E-state index >= 15 is 0 Å². The Bertz CT molecular complexity index is 1120. The molecular weight excluding hydrogens is 697 g/mol. The molecule has 6 nitrogen and oxygen atoms in total. The van der Waals surface area contributed by atoms with Crippen molar-refractivity contribution in [1.82, 2.24) is 0 Å². The van der Waals surface area contributed by atoms with Crippen LogP contribution in [-0.4, -0.2) is 37.2 Å². The van der Waals surface area contributed by atoms with Crippen molar-refractivity contribution in [1.29, 1.82) is 0 Å². The molecule has 0 saturated carbocycles. The highest BCUT2D eigenvalue weighted by Gasteiger charge is 2.19. The Morgan fingerprint density at radius 1 is 0.375 bits per heavy atom. The van der Waals surface area contributed by atoms with Gasteiger partial charge in [0.1, 0.15) is 13.2 Å². The minimum absolute atomic E-state index is 0.113. The molecule has 0 fully saturated rings. The fraction of sp³-hybridized carbons (Fsp3) is 0.660. The second-order valence-corrected chi connectivity index (χ2v) is 14.7. The Hall–Kier alpha value is -3.41. The van der Waals surface area contributed by atoms with Crippen LogP contribution in [0.25, 0.3) is 0 Å². The molecule has 0 aliphatic rings.